The molecule has 1 heterocycles. The predicted octanol–water partition coefficient (Wildman–Crippen LogP) is 1.51. The molecule has 1 aromatic rings. The summed E-state index contributed by atoms with van der Waals surface area (Å²) in [6.07, 6.45) is -0.441. The van der Waals surface area contributed by atoms with Crippen LogP contribution in [0.3, 0.4) is 0 Å². The molecule has 0 saturated heterocycles. The summed E-state index contributed by atoms with van der Waals surface area (Å²) < 4.78 is 0. The van der Waals surface area contributed by atoms with Gasteiger partial charge in [-0.25, -0.2) is 4.98 Å². The molecule has 0 amide bonds. The molecule has 0 aliphatic rings. The van der Waals surface area contributed by atoms with E-state index in [4.69, 9.17) is 0 Å². The largest absolute Gasteiger partial charge is 0.389 e. The molecule has 0 saturated carbocycles. The molecule has 0 radical (unpaired) electrons. The summed E-state index contributed by atoms with van der Waals surface area (Å²) in [5.74, 6) is 0.918. The molecular weight excluding hydrogens is 164 g/mol. The first-order valence-electron chi connectivity index (χ1n) is 4.35. The van der Waals surface area contributed by atoms with Crippen LogP contribution < -0.4 is 4.90 Å². The SMILES string of the molecule is Cc1nc(N(C)C)ccc1[C@H](C)O. The molecule has 1 aromatic heterocycles. The fourth-order valence-corrected chi connectivity index (χ4v) is 1.25. The van der Waals surface area contributed by atoms with Crippen molar-refractivity contribution in [3.8, 4) is 0 Å². The van der Waals surface area contributed by atoms with Crippen molar-refractivity contribution in [2.24, 2.45) is 0 Å². The first-order chi connectivity index (χ1) is 6.02. The summed E-state index contributed by atoms with van der Waals surface area (Å²) in [6.45, 7) is 3.66. The maximum absolute atomic E-state index is 9.38. The molecule has 0 bridgehead atoms. The number of nitrogens with zero attached hydrogens (tertiary/aromatic N) is 2. The molecule has 0 fully saturated rings. The molecule has 0 aliphatic heterocycles. The quantitative estimate of drug-likeness (QED) is 0.749. The lowest BCUT2D eigenvalue weighted by atomic mass is 10.1. The molecule has 3 nitrogen and oxygen atoms in total. The Balaban J connectivity index is 3.06. The Morgan fingerprint density at radius 3 is 2.38 bits per heavy atom. The third-order valence-corrected chi connectivity index (χ3v) is 2.02. The Labute approximate surface area is 79.0 Å². The normalized spacial score (nSPS) is 12.7. The molecule has 3 heteroatoms. The summed E-state index contributed by atoms with van der Waals surface area (Å²) in [4.78, 5) is 6.30. The highest BCUT2D eigenvalue weighted by Crippen LogP contribution is 2.18. The van der Waals surface area contributed by atoms with Gasteiger partial charge in [0.05, 0.1) is 6.10 Å². The molecule has 0 aromatic carbocycles. The Hall–Kier alpha value is -1.09. The Bertz CT molecular complexity index is 295. The van der Waals surface area contributed by atoms with Gasteiger partial charge in [0, 0.05) is 25.4 Å². The molecule has 1 atom stereocenters. The van der Waals surface area contributed by atoms with E-state index in [-0.39, 0.29) is 0 Å². The molecule has 1 N–H and O–H groups in total. The lowest BCUT2D eigenvalue weighted by Crippen LogP contribution is -2.12. The molecule has 0 unspecified atom stereocenters. The van der Waals surface area contributed by atoms with E-state index in [0.717, 1.165) is 17.1 Å². The van der Waals surface area contributed by atoms with Crippen molar-refractivity contribution in [1.29, 1.82) is 0 Å². The van der Waals surface area contributed by atoms with Gasteiger partial charge < -0.3 is 10.0 Å². The second kappa shape index (κ2) is 3.75. The van der Waals surface area contributed by atoms with Crippen molar-refractivity contribution in [3.05, 3.63) is 23.4 Å². The monoisotopic (exact) mass is 180 g/mol. The number of aliphatic hydroxyl groups is 1. The number of hydrogen-bond acceptors (Lipinski definition) is 3. The number of rotatable bonds is 2. The van der Waals surface area contributed by atoms with Gasteiger partial charge in [-0.15, -0.1) is 0 Å². The number of aliphatic hydroxyl groups excluding tert-OH is 1. The van der Waals surface area contributed by atoms with E-state index in [1.807, 2.05) is 38.1 Å². The van der Waals surface area contributed by atoms with Crippen LogP contribution in [-0.4, -0.2) is 24.2 Å². The molecule has 0 aliphatic carbocycles. The number of pyridine rings is 1. The molecule has 72 valence electrons. The van der Waals surface area contributed by atoms with E-state index in [0.29, 0.717) is 0 Å². The first kappa shape index (κ1) is 9.99. The van der Waals surface area contributed by atoms with Crippen LogP contribution in [0.1, 0.15) is 24.3 Å². The maximum Gasteiger partial charge on any atom is 0.128 e. The van der Waals surface area contributed by atoms with Crippen LogP contribution in [0.4, 0.5) is 5.82 Å². The number of anilines is 1. The van der Waals surface area contributed by atoms with Gasteiger partial charge in [0.2, 0.25) is 0 Å². The number of hydrogen-bond donors (Lipinski definition) is 1. The minimum atomic E-state index is -0.441. The predicted molar refractivity (Wildman–Crippen MR) is 53.9 cm³/mol. The van der Waals surface area contributed by atoms with Crippen LogP contribution in [0.2, 0.25) is 0 Å². The fourth-order valence-electron chi connectivity index (χ4n) is 1.25. The summed E-state index contributed by atoms with van der Waals surface area (Å²) >= 11 is 0. The highest BCUT2D eigenvalue weighted by atomic mass is 16.3. The van der Waals surface area contributed by atoms with Crippen molar-refractivity contribution in [1.82, 2.24) is 4.98 Å². The average Bonchev–Trinajstić information content (AvgIpc) is 2.03. The highest BCUT2D eigenvalue weighted by Gasteiger charge is 2.06. The van der Waals surface area contributed by atoms with E-state index in [2.05, 4.69) is 4.98 Å². The fraction of sp³-hybridized carbons (Fsp3) is 0.500. The minimum Gasteiger partial charge on any atom is -0.389 e. The number of aryl methyl sites for hydroxylation is 1. The van der Waals surface area contributed by atoms with Crippen LogP contribution in [0.25, 0.3) is 0 Å². The third-order valence-electron chi connectivity index (χ3n) is 2.02. The third kappa shape index (κ3) is 2.18. The van der Waals surface area contributed by atoms with Gasteiger partial charge in [-0.1, -0.05) is 6.07 Å². The van der Waals surface area contributed by atoms with Gasteiger partial charge in [-0.05, 0) is 19.9 Å². The van der Waals surface area contributed by atoms with Gasteiger partial charge >= 0.3 is 0 Å². The van der Waals surface area contributed by atoms with Crippen LogP contribution in [0, 0.1) is 6.92 Å². The maximum atomic E-state index is 9.38. The van der Waals surface area contributed by atoms with Gasteiger partial charge in [-0.3, -0.25) is 0 Å². The topological polar surface area (TPSA) is 36.4 Å². The van der Waals surface area contributed by atoms with Gasteiger partial charge in [0.25, 0.3) is 0 Å². The zero-order chi connectivity index (χ0) is 10.0. The van der Waals surface area contributed by atoms with E-state index in [1.165, 1.54) is 0 Å². The van der Waals surface area contributed by atoms with E-state index < -0.39 is 6.10 Å². The Kier molecular flexibility index (Phi) is 2.88. The molecular formula is C10H16N2O. The summed E-state index contributed by atoms with van der Waals surface area (Å²) in [7, 11) is 3.90. The van der Waals surface area contributed by atoms with E-state index in [9.17, 15) is 5.11 Å². The molecule has 0 spiro atoms. The van der Waals surface area contributed by atoms with Crippen molar-refractivity contribution in [2.75, 3.05) is 19.0 Å². The standard InChI is InChI=1S/C10H16N2O/c1-7-9(8(2)13)5-6-10(11-7)12(3)4/h5-6,8,13H,1-4H3/t8-/m0/s1. The Morgan fingerprint density at radius 2 is 2.00 bits per heavy atom. The van der Waals surface area contributed by atoms with Crippen molar-refractivity contribution in [3.63, 3.8) is 0 Å². The zero-order valence-electron chi connectivity index (χ0n) is 8.57. The van der Waals surface area contributed by atoms with Crippen molar-refractivity contribution < 1.29 is 5.11 Å². The molecule has 1 rings (SSSR count). The number of aromatic nitrogens is 1. The van der Waals surface area contributed by atoms with E-state index in [1.54, 1.807) is 6.92 Å². The van der Waals surface area contributed by atoms with Gasteiger partial charge in [0.15, 0.2) is 0 Å². The van der Waals surface area contributed by atoms with Gasteiger partial charge in [-0.2, -0.15) is 0 Å². The highest BCUT2D eigenvalue weighted by molar-refractivity contribution is 5.40. The van der Waals surface area contributed by atoms with Crippen LogP contribution in [0.5, 0.6) is 0 Å². The smallest absolute Gasteiger partial charge is 0.128 e. The van der Waals surface area contributed by atoms with Gasteiger partial charge in [0.1, 0.15) is 5.82 Å². The summed E-state index contributed by atoms with van der Waals surface area (Å²) in [5, 5.41) is 9.38. The first-order valence-corrected chi connectivity index (χ1v) is 4.35. The lowest BCUT2D eigenvalue weighted by molar-refractivity contribution is 0.198. The summed E-state index contributed by atoms with van der Waals surface area (Å²) in [6, 6.07) is 3.83. The second-order valence-corrected chi connectivity index (χ2v) is 3.41. The average molecular weight is 180 g/mol. The summed E-state index contributed by atoms with van der Waals surface area (Å²) in [5.41, 5.74) is 1.78. The van der Waals surface area contributed by atoms with E-state index >= 15 is 0 Å². The van der Waals surface area contributed by atoms with Crippen LogP contribution >= 0.6 is 0 Å². The second-order valence-electron chi connectivity index (χ2n) is 3.41. The lowest BCUT2D eigenvalue weighted by Gasteiger charge is -2.14. The minimum absolute atomic E-state index is 0.441. The molecule has 13 heavy (non-hydrogen) atoms. The van der Waals surface area contributed by atoms with Crippen LogP contribution in [-0.2, 0) is 0 Å². The van der Waals surface area contributed by atoms with Crippen LogP contribution in [0.15, 0.2) is 12.1 Å². The van der Waals surface area contributed by atoms with Crippen molar-refractivity contribution >= 4 is 5.82 Å². The zero-order valence-corrected chi connectivity index (χ0v) is 8.57. The van der Waals surface area contributed by atoms with Crippen molar-refractivity contribution in [2.45, 2.75) is 20.0 Å². The Morgan fingerprint density at radius 1 is 1.38 bits per heavy atom.